The van der Waals surface area contributed by atoms with E-state index in [1.807, 2.05) is 121 Å². The molecule has 25 nitrogen and oxygen atoms in total. The Labute approximate surface area is 699 Å². The number of rotatable bonds is 84. The van der Waals surface area contributed by atoms with E-state index in [4.69, 9.17) is 114 Å². The molecule has 0 aliphatic carbocycles. The van der Waals surface area contributed by atoms with Gasteiger partial charge in [-0.3, -0.25) is 0 Å². The van der Waals surface area contributed by atoms with Gasteiger partial charge in [-0.15, -0.1) is 0 Å². The molecule has 0 aromatic heterocycles. The molecule has 0 spiro atoms. The van der Waals surface area contributed by atoms with Crippen molar-refractivity contribution in [2.75, 3.05) is 239 Å². The smallest absolute Gasteiger partial charge is 0.466 e. The molecule has 0 heterocycles. The number of para-hydroxylation sites is 4. The average Bonchev–Trinajstić information content (AvgIpc) is 1.33. The lowest BCUT2D eigenvalue weighted by atomic mass is 10.1. The van der Waals surface area contributed by atoms with E-state index in [-0.39, 0.29) is 12.2 Å². The Bertz CT molecular complexity index is 2350. The number of ether oxygens (including phenoxy) is 21. The average molecular weight is 1670 g/mol. The lowest BCUT2D eigenvalue weighted by Crippen LogP contribution is -2.24. The van der Waals surface area contributed by atoms with E-state index in [9.17, 15) is 0 Å². The van der Waals surface area contributed by atoms with Crippen LogP contribution in [0.4, 0.5) is 0 Å². The minimum absolute atomic E-state index is 0.0435. The van der Waals surface area contributed by atoms with Gasteiger partial charge in [0.2, 0.25) is 0 Å². The first-order valence-electron chi connectivity index (χ1n) is 43.4. The van der Waals surface area contributed by atoms with E-state index in [0.29, 0.717) is 198 Å². The van der Waals surface area contributed by atoms with Gasteiger partial charge in [-0.05, 0) is 87.1 Å². The molecule has 0 fully saturated rings. The Hall–Kier alpha value is -4.49. The molecular formula is C90H157O25P. The highest BCUT2D eigenvalue weighted by Crippen LogP contribution is 2.26. The Morgan fingerprint density at radius 2 is 0.405 bits per heavy atom. The van der Waals surface area contributed by atoms with Gasteiger partial charge >= 0.3 is 7.82 Å². The van der Waals surface area contributed by atoms with Gasteiger partial charge < -0.3 is 114 Å². The Balaban J connectivity index is 0.00000106. The number of unbranched alkanes of at least 4 members (excludes halogenated alkanes) is 20. The molecule has 4 aromatic rings. The van der Waals surface area contributed by atoms with Crippen molar-refractivity contribution in [3.8, 4) is 23.0 Å². The highest BCUT2D eigenvalue weighted by molar-refractivity contribution is 7.45. The maximum absolute atomic E-state index is 8.88. The third-order valence-corrected chi connectivity index (χ3v) is 17.1. The maximum atomic E-state index is 8.88. The summed E-state index contributed by atoms with van der Waals surface area (Å²) in [4.78, 5) is 21.6. The molecule has 2 atom stereocenters. The molecule has 0 saturated carbocycles. The van der Waals surface area contributed by atoms with Crippen molar-refractivity contribution in [2.24, 2.45) is 0 Å². The zero-order chi connectivity index (χ0) is 83.4. The van der Waals surface area contributed by atoms with Gasteiger partial charge in [0, 0.05) is 40.6 Å². The monoisotopic (exact) mass is 1670 g/mol. The minimum atomic E-state index is -4.64. The normalized spacial score (nSPS) is 11.8. The zero-order valence-corrected chi connectivity index (χ0v) is 72.8. The lowest BCUT2D eigenvalue weighted by Gasteiger charge is -2.18. The second-order valence-electron chi connectivity index (χ2n) is 27.4. The van der Waals surface area contributed by atoms with E-state index in [0.717, 1.165) is 126 Å². The van der Waals surface area contributed by atoms with Crippen molar-refractivity contribution in [3.63, 3.8) is 0 Å². The van der Waals surface area contributed by atoms with Crippen molar-refractivity contribution < 1.29 is 119 Å². The number of hydrogen-bond donors (Lipinski definition) is 3. The molecule has 4 aromatic carbocycles. The first kappa shape index (κ1) is 110. The second-order valence-corrected chi connectivity index (χ2v) is 28.4. The van der Waals surface area contributed by atoms with E-state index < -0.39 is 7.82 Å². The predicted octanol–water partition coefficient (Wildman–Crippen LogP) is 16.8. The molecule has 0 bridgehead atoms. The molecule has 116 heavy (non-hydrogen) atoms. The van der Waals surface area contributed by atoms with Crippen LogP contribution in [0.1, 0.15) is 181 Å². The van der Waals surface area contributed by atoms with E-state index in [2.05, 4.69) is 18.6 Å². The van der Waals surface area contributed by atoms with Gasteiger partial charge in [0.25, 0.3) is 0 Å². The van der Waals surface area contributed by atoms with Gasteiger partial charge in [-0.25, -0.2) is 4.57 Å². The molecule has 672 valence electrons. The number of benzene rings is 4. The Kier molecular flexibility index (Phi) is 86.2. The quantitative estimate of drug-likeness (QED) is 0.0274. The summed E-state index contributed by atoms with van der Waals surface area (Å²) in [5, 5.41) is 0. The summed E-state index contributed by atoms with van der Waals surface area (Å²) in [5.41, 5.74) is 0. The second kappa shape index (κ2) is 91.3. The topological polar surface area (TPSA) is 272 Å². The van der Waals surface area contributed by atoms with Crippen LogP contribution < -0.4 is 18.9 Å². The van der Waals surface area contributed by atoms with Crippen LogP contribution in [0.2, 0.25) is 0 Å². The number of phosphoric acid groups is 1. The van der Waals surface area contributed by atoms with Crippen molar-refractivity contribution in [1.29, 1.82) is 0 Å². The minimum Gasteiger partial charge on any atom is -0.491 e. The Morgan fingerprint density at radius 1 is 0.233 bits per heavy atom. The molecule has 0 amide bonds. The summed E-state index contributed by atoms with van der Waals surface area (Å²) in [5.74, 6) is 3.43. The van der Waals surface area contributed by atoms with Crippen molar-refractivity contribution in [2.45, 2.75) is 193 Å². The van der Waals surface area contributed by atoms with Crippen LogP contribution in [-0.4, -0.2) is 266 Å². The van der Waals surface area contributed by atoms with Crippen LogP contribution in [0, 0.1) is 0 Å². The predicted molar refractivity (Wildman–Crippen MR) is 457 cm³/mol. The zero-order valence-electron chi connectivity index (χ0n) is 71.9. The first-order valence-corrected chi connectivity index (χ1v) is 45.0. The van der Waals surface area contributed by atoms with E-state index in [1.54, 1.807) is 14.2 Å². The summed E-state index contributed by atoms with van der Waals surface area (Å²) in [6, 6.07) is 39.2. The Morgan fingerprint density at radius 3 is 0.629 bits per heavy atom. The van der Waals surface area contributed by atoms with Crippen LogP contribution >= 0.6 is 7.82 Å². The molecule has 0 aliphatic rings. The van der Waals surface area contributed by atoms with Crippen LogP contribution in [0.15, 0.2) is 121 Å². The molecule has 0 saturated heterocycles. The standard InChI is InChI=1S/2C44H74O10.C2H6O.H3O4P/c2*1-2-3-4-5-6-9-18-25-45-28-30-49-35-36-51-41-44(54-40-39-53-43-22-16-12-17-23-43)24-13-8-7-10-19-26-46-27-29-47-31-32-48-33-34-50-37-38-52-42-20-14-11-15-21-42;1-3-2;1-5(2,3)4/h2*11-12,14-17,20-23,44H,2-10,13,18-19,24-41H2,1H3;1-2H3;(H3,1,2,3,4). The van der Waals surface area contributed by atoms with Gasteiger partial charge in [0.05, 0.1) is 184 Å². The van der Waals surface area contributed by atoms with Gasteiger partial charge in [-0.2, -0.15) is 0 Å². The SMILES string of the molecule is CCCCCCCCCOCCOCCOCC(CCCCCCCOCCOCCOCCOCCOc1ccccc1)OCCOc1ccccc1.CCCCCCCCCOCCOCCOCC(CCCCCCCOCCOCCOCCOCCOc1ccccc1)OCCOc1ccccc1.COC.O=P(O)(O)O. The molecule has 0 radical (unpaired) electrons. The third kappa shape index (κ3) is 87.3. The van der Waals surface area contributed by atoms with Crippen molar-refractivity contribution >= 4 is 7.82 Å². The molecule has 0 aliphatic heterocycles. The number of methoxy groups -OCH3 is 1. The van der Waals surface area contributed by atoms with E-state index >= 15 is 0 Å². The molecule has 2 unspecified atom stereocenters. The fraction of sp³-hybridized carbons (Fsp3) is 0.733. The summed E-state index contributed by atoms with van der Waals surface area (Å²) in [7, 11) is -1.39. The molecular weight excluding hydrogens is 1510 g/mol. The largest absolute Gasteiger partial charge is 0.491 e. The maximum Gasteiger partial charge on any atom is 0.466 e. The van der Waals surface area contributed by atoms with Crippen LogP contribution in [0.3, 0.4) is 0 Å². The summed E-state index contributed by atoms with van der Waals surface area (Å²) >= 11 is 0. The van der Waals surface area contributed by atoms with E-state index in [1.165, 1.54) is 89.9 Å². The molecule has 4 rings (SSSR count). The fourth-order valence-corrected chi connectivity index (χ4v) is 11.1. The van der Waals surface area contributed by atoms with Crippen LogP contribution in [0.5, 0.6) is 23.0 Å². The summed E-state index contributed by atoms with van der Waals surface area (Å²) in [6.45, 7) is 24.5. The van der Waals surface area contributed by atoms with Gasteiger partial charge in [-0.1, -0.05) is 215 Å². The van der Waals surface area contributed by atoms with Crippen LogP contribution in [-0.2, 0) is 85.1 Å². The highest BCUT2D eigenvalue weighted by Gasteiger charge is 2.13. The first-order chi connectivity index (χ1) is 57.2. The third-order valence-electron chi connectivity index (χ3n) is 17.1. The highest BCUT2D eigenvalue weighted by atomic mass is 31.2. The van der Waals surface area contributed by atoms with Crippen LogP contribution in [0.25, 0.3) is 0 Å². The van der Waals surface area contributed by atoms with Crippen molar-refractivity contribution in [3.05, 3.63) is 121 Å². The number of hydrogen-bond acceptors (Lipinski definition) is 22. The summed E-state index contributed by atoms with van der Waals surface area (Å²) < 4.78 is 128. The fourth-order valence-electron chi connectivity index (χ4n) is 11.1. The lowest BCUT2D eigenvalue weighted by molar-refractivity contribution is -0.0450. The van der Waals surface area contributed by atoms with Crippen molar-refractivity contribution in [1.82, 2.24) is 0 Å². The molecule has 26 heteroatoms. The van der Waals surface area contributed by atoms with Gasteiger partial charge in [0.15, 0.2) is 0 Å². The summed E-state index contributed by atoms with van der Waals surface area (Å²) in [6.07, 6.45) is 31.5. The molecule has 3 N–H and O–H groups in total. The van der Waals surface area contributed by atoms with Gasteiger partial charge in [0.1, 0.15) is 49.4 Å².